The van der Waals surface area contributed by atoms with Crippen LogP contribution in [0.3, 0.4) is 0 Å². The molecule has 158 valence electrons. The van der Waals surface area contributed by atoms with E-state index in [0.717, 1.165) is 37.5 Å². The number of rotatable bonds is 6. The molecule has 0 bridgehead atoms. The minimum absolute atomic E-state index is 0. The lowest BCUT2D eigenvalue weighted by Gasteiger charge is -2.22. The van der Waals surface area contributed by atoms with Crippen LogP contribution in [0.4, 0.5) is 5.69 Å². The molecule has 1 atom stereocenters. The second-order valence-electron chi connectivity index (χ2n) is 7.88. The summed E-state index contributed by atoms with van der Waals surface area (Å²) in [6.45, 7) is 8.88. The number of guanidine groups is 1. The minimum Gasteiger partial charge on any atom is -0.495 e. The van der Waals surface area contributed by atoms with Gasteiger partial charge in [-0.05, 0) is 45.2 Å². The maximum atomic E-state index is 11.9. The summed E-state index contributed by atoms with van der Waals surface area (Å²) in [5.74, 6) is 2.02. The molecular formula is C20H34IN5O2. The SMILES string of the molecule is CN=C(NCC(=O)NC(C)(C)C)NCC1CCN(c2ccccc2OC)C1.I. The van der Waals surface area contributed by atoms with Gasteiger partial charge in [0.15, 0.2) is 5.96 Å². The smallest absolute Gasteiger partial charge is 0.239 e. The van der Waals surface area contributed by atoms with Crippen molar-refractivity contribution in [3.8, 4) is 5.75 Å². The molecule has 8 heteroatoms. The van der Waals surface area contributed by atoms with Crippen molar-refractivity contribution in [2.24, 2.45) is 10.9 Å². The normalized spacial score (nSPS) is 17.0. The highest BCUT2D eigenvalue weighted by Gasteiger charge is 2.24. The molecule has 0 spiro atoms. The fraction of sp³-hybridized carbons (Fsp3) is 0.600. The summed E-state index contributed by atoms with van der Waals surface area (Å²) in [6, 6.07) is 8.12. The van der Waals surface area contributed by atoms with Crippen molar-refractivity contribution >= 4 is 41.5 Å². The highest BCUT2D eigenvalue weighted by Crippen LogP contribution is 2.31. The Morgan fingerprint density at radius 1 is 1.29 bits per heavy atom. The number of amides is 1. The van der Waals surface area contributed by atoms with Crippen LogP contribution in [0.1, 0.15) is 27.2 Å². The van der Waals surface area contributed by atoms with Crippen molar-refractivity contribution < 1.29 is 9.53 Å². The van der Waals surface area contributed by atoms with E-state index in [0.29, 0.717) is 11.9 Å². The van der Waals surface area contributed by atoms with E-state index in [4.69, 9.17) is 4.74 Å². The number of ether oxygens (including phenoxy) is 1. The first-order chi connectivity index (χ1) is 12.8. The summed E-state index contributed by atoms with van der Waals surface area (Å²) in [7, 11) is 3.42. The van der Waals surface area contributed by atoms with Gasteiger partial charge < -0.3 is 25.6 Å². The second kappa shape index (κ2) is 11.3. The lowest BCUT2D eigenvalue weighted by Crippen LogP contribution is -2.48. The topological polar surface area (TPSA) is 78.0 Å². The molecule has 2 rings (SSSR count). The van der Waals surface area contributed by atoms with E-state index < -0.39 is 0 Å². The molecule has 1 saturated heterocycles. The van der Waals surface area contributed by atoms with Crippen LogP contribution < -0.4 is 25.6 Å². The third-order valence-corrected chi connectivity index (χ3v) is 4.42. The Morgan fingerprint density at radius 3 is 2.64 bits per heavy atom. The van der Waals surface area contributed by atoms with Gasteiger partial charge in [0.25, 0.3) is 0 Å². The molecule has 1 amide bonds. The van der Waals surface area contributed by atoms with Crippen LogP contribution in [0.25, 0.3) is 0 Å². The molecule has 1 aliphatic rings. The van der Waals surface area contributed by atoms with Gasteiger partial charge in [-0.3, -0.25) is 9.79 Å². The van der Waals surface area contributed by atoms with Gasteiger partial charge in [0.1, 0.15) is 5.75 Å². The van der Waals surface area contributed by atoms with Crippen LogP contribution in [-0.2, 0) is 4.79 Å². The summed E-state index contributed by atoms with van der Waals surface area (Å²) in [5, 5.41) is 9.33. The zero-order valence-corrected chi connectivity index (χ0v) is 19.9. The van der Waals surface area contributed by atoms with Crippen molar-refractivity contribution in [2.45, 2.75) is 32.7 Å². The molecule has 1 fully saturated rings. The number of methoxy groups -OCH3 is 1. The number of hydrogen-bond acceptors (Lipinski definition) is 4. The van der Waals surface area contributed by atoms with Crippen LogP contribution in [0.15, 0.2) is 29.3 Å². The predicted molar refractivity (Wildman–Crippen MR) is 126 cm³/mol. The van der Waals surface area contributed by atoms with E-state index in [1.165, 1.54) is 0 Å². The molecule has 1 aromatic carbocycles. The van der Waals surface area contributed by atoms with Gasteiger partial charge in [-0.1, -0.05) is 12.1 Å². The molecule has 1 aliphatic heterocycles. The van der Waals surface area contributed by atoms with Crippen LogP contribution in [-0.4, -0.2) is 57.7 Å². The zero-order valence-electron chi connectivity index (χ0n) is 17.5. The summed E-state index contributed by atoms with van der Waals surface area (Å²) in [4.78, 5) is 18.5. The molecule has 7 nitrogen and oxygen atoms in total. The highest BCUT2D eigenvalue weighted by molar-refractivity contribution is 14.0. The first kappa shape index (κ1) is 24.3. The molecule has 1 unspecified atom stereocenters. The van der Waals surface area contributed by atoms with Crippen molar-refractivity contribution in [3.05, 3.63) is 24.3 Å². The van der Waals surface area contributed by atoms with Crippen molar-refractivity contribution in [3.63, 3.8) is 0 Å². The Bertz CT molecular complexity index is 660. The molecule has 0 aliphatic carbocycles. The van der Waals surface area contributed by atoms with Gasteiger partial charge in [-0.2, -0.15) is 0 Å². The van der Waals surface area contributed by atoms with Gasteiger partial charge in [-0.15, -0.1) is 24.0 Å². The monoisotopic (exact) mass is 503 g/mol. The Kier molecular flexibility index (Phi) is 9.84. The van der Waals surface area contributed by atoms with Gasteiger partial charge in [-0.25, -0.2) is 0 Å². The van der Waals surface area contributed by atoms with Gasteiger partial charge >= 0.3 is 0 Å². The Morgan fingerprint density at radius 2 is 2.00 bits per heavy atom. The summed E-state index contributed by atoms with van der Waals surface area (Å²) < 4.78 is 5.47. The Balaban J connectivity index is 0.00000392. The molecule has 0 aromatic heterocycles. The first-order valence-electron chi connectivity index (χ1n) is 9.46. The first-order valence-corrected chi connectivity index (χ1v) is 9.46. The number of nitrogens with zero attached hydrogens (tertiary/aromatic N) is 2. The lowest BCUT2D eigenvalue weighted by molar-refractivity contribution is -0.121. The fourth-order valence-electron chi connectivity index (χ4n) is 3.20. The van der Waals surface area contributed by atoms with Crippen molar-refractivity contribution in [2.75, 3.05) is 45.2 Å². The van der Waals surface area contributed by atoms with Crippen LogP contribution in [0.2, 0.25) is 0 Å². The maximum absolute atomic E-state index is 11.9. The second-order valence-corrected chi connectivity index (χ2v) is 7.88. The van der Waals surface area contributed by atoms with Crippen LogP contribution in [0.5, 0.6) is 5.75 Å². The molecular weight excluding hydrogens is 469 g/mol. The number of carbonyl (C=O) groups excluding carboxylic acids is 1. The van der Waals surface area contributed by atoms with E-state index in [1.807, 2.05) is 39.0 Å². The number of carbonyl (C=O) groups is 1. The number of anilines is 1. The standard InChI is InChI=1S/C20H33N5O2.HI/c1-20(2,3)24-18(26)13-23-19(21-4)22-12-15-10-11-25(14-15)16-8-6-7-9-17(16)27-5;/h6-9,15H,10-14H2,1-5H3,(H,24,26)(H2,21,22,23);1H. The van der Waals surface area contributed by atoms with Crippen LogP contribution >= 0.6 is 24.0 Å². The Labute approximate surface area is 185 Å². The van der Waals surface area contributed by atoms with E-state index in [1.54, 1.807) is 14.2 Å². The van der Waals surface area contributed by atoms with Crippen molar-refractivity contribution in [1.82, 2.24) is 16.0 Å². The van der Waals surface area contributed by atoms with E-state index >= 15 is 0 Å². The lowest BCUT2D eigenvalue weighted by atomic mass is 10.1. The van der Waals surface area contributed by atoms with E-state index in [-0.39, 0.29) is 42.0 Å². The third-order valence-electron chi connectivity index (χ3n) is 4.42. The average Bonchev–Trinajstić information content (AvgIpc) is 3.09. The number of nitrogens with one attached hydrogen (secondary N) is 3. The molecule has 0 saturated carbocycles. The highest BCUT2D eigenvalue weighted by atomic mass is 127. The number of hydrogen-bond donors (Lipinski definition) is 3. The Hall–Kier alpha value is -1.71. The number of para-hydroxylation sites is 2. The fourth-order valence-corrected chi connectivity index (χ4v) is 3.20. The molecule has 28 heavy (non-hydrogen) atoms. The summed E-state index contributed by atoms with van der Waals surface area (Å²) in [5.41, 5.74) is 0.908. The molecule has 1 aromatic rings. The largest absolute Gasteiger partial charge is 0.495 e. The number of halogens is 1. The summed E-state index contributed by atoms with van der Waals surface area (Å²) >= 11 is 0. The van der Waals surface area contributed by atoms with E-state index in [2.05, 4.69) is 31.9 Å². The third kappa shape index (κ3) is 7.73. The van der Waals surface area contributed by atoms with Gasteiger partial charge in [0.05, 0.1) is 19.3 Å². The van der Waals surface area contributed by atoms with Crippen molar-refractivity contribution in [1.29, 1.82) is 0 Å². The number of benzene rings is 1. The quantitative estimate of drug-likeness (QED) is 0.315. The van der Waals surface area contributed by atoms with Gasteiger partial charge in [0.2, 0.25) is 5.91 Å². The van der Waals surface area contributed by atoms with E-state index in [9.17, 15) is 4.79 Å². The molecule has 0 radical (unpaired) electrons. The molecule has 3 N–H and O–H groups in total. The maximum Gasteiger partial charge on any atom is 0.239 e. The average molecular weight is 503 g/mol. The summed E-state index contributed by atoms with van der Waals surface area (Å²) in [6.07, 6.45) is 1.10. The van der Waals surface area contributed by atoms with Gasteiger partial charge in [0, 0.05) is 32.2 Å². The molecule has 1 heterocycles. The number of aliphatic imine (C=N–C) groups is 1. The predicted octanol–water partition coefficient (Wildman–Crippen LogP) is 2.22. The zero-order chi connectivity index (χ0) is 19.9. The minimum atomic E-state index is -0.235. The van der Waals surface area contributed by atoms with Crippen LogP contribution in [0, 0.1) is 5.92 Å².